The summed E-state index contributed by atoms with van der Waals surface area (Å²) in [5, 5.41) is 14.1. The Balaban J connectivity index is 1.45. The molecule has 1 aromatic carbocycles. The minimum atomic E-state index is -1.15. The summed E-state index contributed by atoms with van der Waals surface area (Å²) in [4.78, 5) is 31.5. The third-order valence-electron chi connectivity index (χ3n) is 5.88. The molecule has 0 saturated carbocycles. The Morgan fingerprint density at radius 1 is 1.14 bits per heavy atom. The van der Waals surface area contributed by atoms with Gasteiger partial charge in [0.2, 0.25) is 0 Å². The lowest BCUT2D eigenvalue weighted by atomic mass is 9.81. The van der Waals surface area contributed by atoms with Crippen LogP contribution in [0.3, 0.4) is 0 Å². The highest BCUT2D eigenvalue weighted by Gasteiger charge is 2.43. The number of aliphatic hydroxyl groups is 1. The molecule has 2 amide bonds. The predicted octanol–water partition coefficient (Wildman–Crippen LogP) is 3.11. The second kappa shape index (κ2) is 8.51. The van der Waals surface area contributed by atoms with Crippen molar-refractivity contribution in [1.82, 2.24) is 15.2 Å². The van der Waals surface area contributed by atoms with Gasteiger partial charge in [0.1, 0.15) is 0 Å². The maximum atomic E-state index is 13.1. The fraction of sp³-hybridized carbons (Fsp3) is 0.409. The van der Waals surface area contributed by atoms with Crippen LogP contribution in [0.2, 0.25) is 5.02 Å². The Morgan fingerprint density at radius 2 is 1.83 bits per heavy atom. The summed E-state index contributed by atoms with van der Waals surface area (Å²) in [6, 6.07) is 10.7. The van der Waals surface area contributed by atoms with Crippen LogP contribution in [0, 0.1) is 0 Å². The number of nitrogens with zero attached hydrogens (tertiary/aromatic N) is 2. The van der Waals surface area contributed by atoms with Gasteiger partial charge < -0.3 is 15.3 Å². The highest BCUT2D eigenvalue weighted by Crippen LogP contribution is 2.36. The maximum absolute atomic E-state index is 13.1. The summed E-state index contributed by atoms with van der Waals surface area (Å²) in [6.07, 6.45) is 6.03. The molecular formula is C22H24ClN3O3. The van der Waals surface area contributed by atoms with E-state index in [1.165, 1.54) is 12.4 Å². The monoisotopic (exact) mass is 413 g/mol. The number of nitrogens with one attached hydrogen (secondary N) is 1. The molecule has 2 fully saturated rings. The first-order valence-corrected chi connectivity index (χ1v) is 10.4. The van der Waals surface area contributed by atoms with Crippen LogP contribution in [-0.4, -0.2) is 44.9 Å². The molecule has 0 aliphatic carbocycles. The second-order valence-electron chi connectivity index (χ2n) is 7.83. The van der Waals surface area contributed by atoms with Crippen LogP contribution in [0.15, 0.2) is 48.8 Å². The number of fused-ring (bicyclic) bond motifs is 2. The molecule has 0 radical (unpaired) electrons. The van der Waals surface area contributed by atoms with Gasteiger partial charge in [-0.25, -0.2) is 0 Å². The fourth-order valence-electron chi connectivity index (χ4n) is 4.58. The van der Waals surface area contributed by atoms with Crippen molar-refractivity contribution >= 4 is 23.4 Å². The van der Waals surface area contributed by atoms with Gasteiger partial charge in [0, 0.05) is 30.5 Å². The minimum absolute atomic E-state index is 0.0188. The van der Waals surface area contributed by atoms with E-state index in [2.05, 4.69) is 10.3 Å². The van der Waals surface area contributed by atoms with Gasteiger partial charge in [-0.05, 0) is 43.7 Å². The first-order chi connectivity index (χ1) is 14.0. The number of pyridine rings is 1. The molecule has 2 aliphatic heterocycles. The summed E-state index contributed by atoms with van der Waals surface area (Å²) in [5.41, 5.74) is 1.04. The maximum Gasteiger partial charge on any atom is 0.256 e. The van der Waals surface area contributed by atoms with Crippen molar-refractivity contribution in [2.75, 3.05) is 0 Å². The number of carbonyl (C=O) groups is 2. The van der Waals surface area contributed by atoms with Crippen LogP contribution < -0.4 is 5.32 Å². The first kappa shape index (κ1) is 19.9. The SMILES string of the molecule is O=C(NC1C[C@H]2CCC[C@@H](C1)N2C(=O)[C@H](O)c1ccccc1)c1cncc(Cl)c1. The molecule has 2 aromatic rings. The van der Waals surface area contributed by atoms with Crippen molar-refractivity contribution in [3.63, 3.8) is 0 Å². The fourth-order valence-corrected chi connectivity index (χ4v) is 4.76. The van der Waals surface area contributed by atoms with E-state index < -0.39 is 6.10 Å². The van der Waals surface area contributed by atoms with Crippen molar-refractivity contribution in [3.05, 3.63) is 64.9 Å². The third kappa shape index (κ3) is 4.28. The zero-order valence-electron chi connectivity index (χ0n) is 16.0. The lowest BCUT2D eigenvalue weighted by Gasteiger charge is -2.49. The number of rotatable bonds is 4. The molecule has 1 unspecified atom stereocenters. The first-order valence-electron chi connectivity index (χ1n) is 9.99. The van der Waals surface area contributed by atoms with Gasteiger partial charge in [0.15, 0.2) is 6.10 Å². The Kier molecular flexibility index (Phi) is 5.83. The topological polar surface area (TPSA) is 82.5 Å². The number of amides is 2. The van der Waals surface area contributed by atoms with Crippen LogP contribution in [0.5, 0.6) is 0 Å². The van der Waals surface area contributed by atoms with Gasteiger partial charge in [0.05, 0.1) is 10.6 Å². The molecule has 6 nitrogen and oxygen atoms in total. The van der Waals surface area contributed by atoms with Gasteiger partial charge in [-0.1, -0.05) is 41.9 Å². The number of carbonyl (C=O) groups excluding carboxylic acids is 2. The molecular weight excluding hydrogens is 390 g/mol. The molecule has 4 atom stereocenters. The third-order valence-corrected chi connectivity index (χ3v) is 6.09. The number of benzene rings is 1. The average molecular weight is 414 g/mol. The Bertz CT molecular complexity index is 878. The summed E-state index contributed by atoms with van der Waals surface area (Å²) in [5.74, 6) is -0.443. The van der Waals surface area contributed by atoms with Gasteiger partial charge in [-0.15, -0.1) is 0 Å². The van der Waals surface area contributed by atoms with E-state index in [1.54, 1.807) is 18.2 Å². The summed E-state index contributed by atoms with van der Waals surface area (Å²) in [6.45, 7) is 0. The van der Waals surface area contributed by atoms with Crippen LogP contribution in [-0.2, 0) is 4.79 Å². The number of hydrogen-bond acceptors (Lipinski definition) is 4. The van der Waals surface area contributed by atoms with Gasteiger partial charge >= 0.3 is 0 Å². The molecule has 4 rings (SSSR count). The van der Waals surface area contributed by atoms with E-state index in [4.69, 9.17) is 11.6 Å². The summed E-state index contributed by atoms with van der Waals surface area (Å²) < 4.78 is 0. The van der Waals surface area contributed by atoms with Gasteiger partial charge in [-0.3, -0.25) is 14.6 Å². The molecule has 7 heteroatoms. The van der Waals surface area contributed by atoms with Crippen molar-refractivity contribution in [2.45, 2.75) is 56.3 Å². The Hall–Kier alpha value is -2.44. The van der Waals surface area contributed by atoms with Crippen LogP contribution >= 0.6 is 11.6 Å². The molecule has 2 saturated heterocycles. The average Bonchev–Trinajstić information content (AvgIpc) is 2.72. The number of aliphatic hydroxyl groups excluding tert-OH is 1. The van der Waals surface area contributed by atoms with Crippen molar-refractivity contribution in [1.29, 1.82) is 0 Å². The number of halogens is 1. The molecule has 2 N–H and O–H groups in total. The van der Waals surface area contributed by atoms with Crippen molar-refractivity contribution in [2.24, 2.45) is 0 Å². The lowest BCUT2D eigenvalue weighted by Crippen LogP contribution is -2.59. The molecule has 3 heterocycles. The summed E-state index contributed by atoms with van der Waals surface area (Å²) >= 11 is 5.93. The van der Waals surface area contributed by atoms with Crippen LogP contribution in [0.4, 0.5) is 0 Å². The Labute approximate surface area is 174 Å². The predicted molar refractivity (Wildman–Crippen MR) is 109 cm³/mol. The van der Waals surface area contributed by atoms with Crippen LogP contribution in [0.25, 0.3) is 0 Å². The van der Waals surface area contributed by atoms with Gasteiger partial charge in [0.25, 0.3) is 11.8 Å². The van der Waals surface area contributed by atoms with E-state index >= 15 is 0 Å². The standard InChI is InChI=1S/C22H24ClN3O3/c23-16-9-15(12-24-13-16)21(28)25-17-10-18-7-4-8-19(11-17)26(18)22(29)20(27)14-5-2-1-3-6-14/h1-3,5-6,9,12-13,17-20,27H,4,7-8,10-11H2,(H,25,28)/t17?,18-,19+,20-/m1/s1. The van der Waals surface area contributed by atoms with E-state index in [0.717, 1.165) is 19.3 Å². The summed E-state index contributed by atoms with van der Waals surface area (Å²) in [7, 11) is 0. The Morgan fingerprint density at radius 3 is 2.48 bits per heavy atom. The molecule has 1 aromatic heterocycles. The largest absolute Gasteiger partial charge is 0.378 e. The van der Waals surface area contributed by atoms with E-state index in [1.807, 2.05) is 23.1 Å². The molecule has 29 heavy (non-hydrogen) atoms. The molecule has 2 bridgehead atoms. The number of piperidine rings is 2. The molecule has 2 aliphatic rings. The second-order valence-corrected chi connectivity index (χ2v) is 8.27. The highest BCUT2D eigenvalue weighted by molar-refractivity contribution is 6.30. The van der Waals surface area contributed by atoms with Crippen molar-refractivity contribution in [3.8, 4) is 0 Å². The smallest absolute Gasteiger partial charge is 0.256 e. The van der Waals surface area contributed by atoms with E-state index in [0.29, 0.717) is 29.0 Å². The molecule has 152 valence electrons. The van der Waals surface area contributed by atoms with Crippen molar-refractivity contribution < 1.29 is 14.7 Å². The number of aromatic nitrogens is 1. The quantitative estimate of drug-likeness (QED) is 0.806. The normalized spacial score (nSPS) is 24.6. The van der Waals surface area contributed by atoms with Gasteiger partial charge in [-0.2, -0.15) is 0 Å². The van der Waals surface area contributed by atoms with E-state index in [-0.39, 0.29) is 29.9 Å². The lowest BCUT2D eigenvalue weighted by molar-refractivity contribution is -0.151. The van der Waals surface area contributed by atoms with Crippen LogP contribution in [0.1, 0.15) is 54.1 Å². The highest BCUT2D eigenvalue weighted by atomic mass is 35.5. The zero-order chi connectivity index (χ0) is 20.4. The van der Waals surface area contributed by atoms with E-state index in [9.17, 15) is 14.7 Å². The zero-order valence-corrected chi connectivity index (χ0v) is 16.8. The molecule has 0 spiro atoms. The number of hydrogen-bond donors (Lipinski definition) is 2. The minimum Gasteiger partial charge on any atom is -0.378 e.